The largest absolute Gasteiger partial charge is 0.490 e. The number of fused-ring (bicyclic) bond motifs is 3. The van der Waals surface area contributed by atoms with Crippen LogP contribution in [0.5, 0.6) is 17.2 Å². The Labute approximate surface area is 352 Å². The molecule has 3 aliphatic heterocycles. The topological polar surface area (TPSA) is 134 Å². The van der Waals surface area contributed by atoms with Crippen LogP contribution in [0.4, 0.5) is 0 Å². The SMILES string of the molecule is CC.CC.CC.NC(=O)CC1CCc2ccccc2O1.NCCC1CCc2ccccc2O1.O=C(O)CC1CCc2ccccc2O1.[CH2-]I.[CH3-].[V].[V]. The second-order valence-electron chi connectivity index (χ2n) is 10.5. The number of hydrogen-bond donors (Lipinski definition) is 3. The molecule has 3 heterocycles. The van der Waals surface area contributed by atoms with Gasteiger partial charge in [-0.25, -0.2) is 0 Å². The minimum Gasteiger partial charge on any atom is -0.490 e. The molecule has 3 aromatic rings. The number of carboxylic acid groups (broad SMARTS) is 1. The van der Waals surface area contributed by atoms with Crippen molar-refractivity contribution in [1.29, 1.82) is 0 Å². The summed E-state index contributed by atoms with van der Waals surface area (Å²) in [4.78, 5) is 24.4. The molecule has 6 rings (SSSR count). The van der Waals surface area contributed by atoms with Gasteiger partial charge in [0.15, 0.2) is 0 Å². The van der Waals surface area contributed by atoms with Crippen LogP contribution in [0, 0.1) is 12.4 Å². The number of hydrogen-bond acceptors (Lipinski definition) is 6. The van der Waals surface area contributed by atoms with Gasteiger partial charge >= 0.3 is 5.97 Å². The molecule has 52 heavy (non-hydrogen) atoms. The average Bonchev–Trinajstić information content (AvgIpc) is 3.15. The molecule has 2 radical (unpaired) electrons. The van der Waals surface area contributed by atoms with Crippen molar-refractivity contribution in [2.75, 3.05) is 6.54 Å². The molecule has 0 aliphatic carbocycles. The molecule has 3 aliphatic rings. The maximum Gasteiger partial charge on any atom is 0.307 e. The van der Waals surface area contributed by atoms with E-state index in [0.717, 1.165) is 62.2 Å². The molecule has 3 aromatic carbocycles. The van der Waals surface area contributed by atoms with Gasteiger partial charge in [-0.2, -0.15) is 0 Å². The van der Waals surface area contributed by atoms with Gasteiger partial charge in [0.2, 0.25) is 5.91 Å². The predicted octanol–water partition coefficient (Wildman–Crippen LogP) is 9.58. The Bertz CT molecular complexity index is 1250. The number of ether oxygens (including phenoxy) is 3. The van der Waals surface area contributed by atoms with E-state index in [0.29, 0.717) is 19.1 Å². The summed E-state index contributed by atoms with van der Waals surface area (Å²) >= 11 is 1.90. The summed E-state index contributed by atoms with van der Waals surface area (Å²) in [6.45, 7) is 12.7. The molecular formula is C41H63IN2O6V2-2. The Morgan fingerprint density at radius 1 is 0.654 bits per heavy atom. The van der Waals surface area contributed by atoms with Gasteiger partial charge in [-0.15, -0.1) is 0 Å². The number of nitrogens with two attached hydrogens (primary N) is 2. The summed E-state index contributed by atoms with van der Waals surface area (Å²) in [7, 11) is 0. The Morgan fingerprint density at radius 3 is 1.29 bits per heavy atom. The van der Waals surface area contributed by atoms with Crippen molar-refractivity contribution in [2.24, 2.45) is 11.5 Å². The van der Waals surface area contributed by atoms with Crippen molar-refractivity contribution in [3.63, 3.8) is 0 Å². The molecule has 0 saturated carbocycles. The summed E-state index contributed by atoms with van der Waals surface area (Å²) in [5.41, 5.74) is 14.3. The zero-order valence-electron chi connectivity index (χ0n) is 32.4. The van der Waals surface area contributed by atoms with Gasteiger partial charge in [0, 0.05) is 37.1 Å². The number of carbonyl (C=O) groups is 2. The van der Waals surface area contributed by atoms with Gasteiger partial charge in [-0.1, -0.05) is 96.1 Å². The van der Waals surface area contributed by atoms with Crippen LogP contribution >= 0.6 is 22.6 Å². The third kappa shape index (κ3) is 22.2. The molecule has 11 heteroatoms. The fourth-order valence-corrected chi connectivity index (χ4v) is 5.24. The summed E-state index contributed by atoms with van der Waals surface area (Å²) in [5, 5.41) is 8.63. The number of carboxylic acids is 1. The molecule has 292 valence electrons. The standard InChI is InChI=1S/C11H13NO2.C11H15NO.C11H12O3.3C2H6.CH2I.CH3.2V/c12-11(13)7-9-6-5-8-3-1-2-4-10(8)14-9;12-8-7-10-6-5-9-3-1-2-4-11(9)13-10;12-11(13)7-9-6-5-8-3-1-2-4-10(8)14-9;4*1-2;;;/h1-4,9H,5-7H2,(H2,12,13);1-4,10H,5-8,12H2;1-4,9H,5-7H2,(H,12,13);3*1-2H3;1H2;1H3;;/q;;;;;;2*-1;;. The Kier molecular flexibility index (Phi) is 39.0. The van der Waals surface area contributed by atoms with Crippen molar-refractivity contribution in [1.82, 2.24) is 0 Å². The number of para-hydroxylation sites is 3. The van der Waals surface area contributed by atoms with Crippen molar-refractivity contribution in [3.8, 4) is 17.2 Å². The zero-order valence-corrected chi connectivity index (χ0v) is 37.3. The summed E-state index contributed by atoms with van der Waals surface area (Å²) < 4.78 is 17.0. The summed E-state index contributed by atoms with van der Waals surface area (Å²) in [5.74, 6) is 1.69. The summed E-state index contributed by atoms with van der Waals surface area (Å²) in [6.07, 6.45) is 7.28. The van der Waals surface area contributed by atoms with Crippen molar-refractivity contribution in [2.45, 2.75) is 118 Å². The normalized spacial score (nSPS) is 16.1. The number of carbonyl (C=O) groups excluding carboxylic acids is 1. The maximum absolute atomic E-state index is 10.7. The monoisotopic (exact) mass is 908 g/mol. The fourth-order valence-electron chi connectivity index (χ4n) is 5.24. The summed E-state index contributed by atoms with van der Waals surface area (Å²) in [6, 6.07) is 24.0. The molecule has 3 atom stereocenters. The molecule has 0 fully saturated rings. The van der Waals surface area contributed by atoms with Crippen LogP contribution in [-0.2, 0) is 66.0 Å². The van der Waals surface area contributed by atoms with Gasteiger partial charge in [-0.3, -0.25) is 14.5 Å². The van der Waals surface area contributed by atoms with Crippen molar-refractivity contribution in [3.05, 3.63) is 102 Å². The first-order chi connectivity index (χ1) is 23.9. The Balaban J connectivity index is -0.000000295. The molecule has 0 spiro atoms. The van der Waals surface area contributed by atoms with Gasteiger partial charge in [0.05, 0.1) is 12.8 Å². The number of benzene rings is 3. The molecule has 0 saturated heterocycles. The van der Waals surface area contributed by atoms with Gasteiger partial charge in [-0.05, 0) is 86.4 Å². The van der Waals surface area contributed by atoms with Crippen molar-refractivity contribution < 1.29 is 66.0 Å². The molecule has 1 amide bonds. The number of aryl methyl sites for hydroxylation is 3. The van der Waals surface area contributed by atoms with Crippen molar-refractivity contribution >= 4 is 34.5 Å². The number of halogens is 1. The second kappa shape index (κ2) is 35.9. The fraction of sp³-hybridized carbons (Fsp3) is 0.463. The molecular weight excluding hydrogens is 845 g/mol. The van der Waals surface area contributed by atoms with E-state index >= 15 is 0 Å². The second-order valence-corrected chi connectivity index (χ2v) is 10.5. The Morgan fingerprint density at radius 2 is 0.962 bits per heavy atom. The van der Waals surface area contributed by atoms with E-state index in [9.17, 15) is 9.59 Å². The molecule has 5 N–H and O–H groups in total. The van der Waals surface area contributed by atoms with Crippen LogP contribution < -0.4 is 25.7 Å². The van der Waals surface area contributed by atoms with E-state index in [1.54, 1.807) is 0 Å². The van der Waals surface area contributed by atoms with Gasteiger partial charge < -0.3 is 60.8 Å². The maximum atomic E-state index is 10.7. The first-order valence-electron chi connectivity index (χ1n) is 17.6. The van der Waals surface area contributed by atoms with Crippen LogP contribution in [0.15, 0.2) is 72.8 Å². The first-order valence-corrected chi connectivity index (χ1v) is 19.1. The quantitative estimate of drug-likeness (QED) is 0.166. The minimum absolute atomic E-state index is 0. The van der Waals surface area contributed by atoms with Crippen LogP contribution in [0.1, 0.15) is 96.8 Å². The minimum atomic E-state index is -0.797. The van der Waals surface area contributed by atoms with Crippen LogP contribution in [0.25, 0.3) is 0 Å². The van der Waals surface area contributed by atoms with E-state index < -0.39 is 5.97 Å². The predicted molar refractivity (Wildman–Crippen MR) is 217 cm³/mol. The first kappa shape index (κ1) is 56.6. The smallest absolute Gasteiger partial charge is 0.307 e. The van der Waals surface area contributed by atoms with Crippen LogP contribution in [0.2, 0.25) is 0 Å². The molecule has 8 nitrogen and oxygen atoms in total. The van der Waals surface area contributed by atoms with E-state index in [1.165, 1.54) is 16.7 Å². The van der Waals surface area contributed by atoms with E-state index in [4.69, 9.17) is 30.8 Å². The van der Waals surface area contributed by atoms with Gasteiger partial charge in [0.25, 0.3) is 0 Å². The zero-order chi connectivity index (χ0) is 37.0. The van der Waals surface area contributed by atoms with Crippen LogP contribution in [-0.4, -0.2) is 41.8 Å². The third-order valence-electron chi connectivity index (χ3n) is 7.33. The van der Waals surface area contributed by atoms with Crippen LogP contribution in [0.3, 0.4) is 0 Å². The average molecular weight is 909 g/mol. The molecule has 0 aromatic heterocycles. The van der Waals surface area contributed by atoms with E-state index in [2.05, 4.69) is 23.1 Å². The number of aliphatic carboxylic acids is 1. The van der Waals surface area contributed by atoms with Gasteiger partial charge in [0.1, 0.15) is 35.6 Å². The van der Waals surface area contributed by atoms with E-state index in [1.807, 2.05) is 119 Å². The molecule has 0 bridgehead atoms. The number of primary amides is 1. The molecule has 3 unspecified atom stereocenters. The number of amides is 1. The van der Waals surface area contributed by atoms with E-state index in [-0.39, 0.29) is 69.1 Å². The third-order valence-corrected chi connectivity index (χ3v) is 7.33. The Hall–Kier alpha value is -2.14. The number of rotatable bonds is 6.